The number of fused-ring (bicyclic) bond motifs is 1. The Bertz CT molecular complexity index is 970. The van der Waals surface area contributed by atoms with Gasteiger partial charge in [-0.05, 0) is 31.5 Å². The Morgan fingerprint density at radius 2 is 1.85 bits per heavy atom. The van der Waals surface area contributed by atoms with Crippen LogP contribution in [-0.2, 0) is 9.53 Å². The minimum atomic E-state index is -0.321. The molecule has 1 aromatic heterocycles. The van der Waals surface area contributed by atoms with E-state index in [0.717, 1.165) is 5.56 Å². The molecule has 3 rings (SSSR count). The van der Waals surface area contributed by atoms with E-state index in [2.05, 4.69) is 4.98 Å². The summed E-state index contributed by atoms with van der Waals surface area (Å²) in [4.78, 5) is 29.5. The van der Waals surface area contributed by atoms with Crippen molar-refractivity contribution in [2.75, 3.05) is 12.4 Å². The van der Waals surface area contributed by atoms with E-state index < -0.39 is 0 Å². The predicted molar refractivity (Wildman–Crippen MR) is 104 cm³/mol. The van der Waals surface area contributed by atoms with Gasteiger partial charge in [0.05, 0.1) is 29.3 Å². The van der Waals surface area contributed by atoms with E-state index in [1.165, 1.54) is 11.8 Å². The van der Waals surface area contributed by atoms with E-state index in [1.54, 1.807) is 17.6 Å². The van der Waals surface area contributed by atoms with Gasteiger partial charge < -0.3 is 4.74 Å². The summed E-state index contributed by atoms with van der Waals surface area (Å²) in [6.07, 6.45) is 0. The van der Waals surface area contributed by atoms with Gasteiger partial charge >= 0.3 is 5.97 Å². The molecule has 0 aliphatic carbocycles. The number of ether oxygens (including phenoxy) is 1. The van der Waals surface area contributed by atoms with Crippen LogP contribution in [0.2, 0.25) is 0 Å². The zero-order chi connectivity index (χ0) is 18.5. The molecule has 3 aromatic rings. The average Bonchev–Trinajstić information content (AvgIpc) is 2.67. The fourth-order valence-electron chi connectivity index (χ4n) is 2.78. The number of nitrogens with zero attached hydrogens (tertiary/aromatic N) is 2. The zero-order valence-electron chi connectivity index (χ0n) is 14.7. The molecule has 134 valence electrons. The Labute approximate surface area is 156 Å². The highest BCUT2D eigenvalue weighted by Crippen LogP contribution is 2.24. The molecule has 0 saturated carbocycles. The molecule has 0 aliphatic rings. The van der Waals surface area contributed by atoms with Crippen molar-refractivity contribution in [1.82, 2.24) is 9.55 Å². The number of esters is 1. The summed E-state index contributed by atoms with van der Waals surface area (Å²) in [6, 6.07) is 16.8. The van der Waals surface area contributed by atoms with Gasteiger partial charge in [-0.2, -0.15) is 0 Å². The minimum Gasteiger partial charge on any atom is -0.465 e. The van der Waals surface area contributed by atoms with Gasteiger partial charge in [0.1, 0.15) is 0 Å². The van der Waals surface area contributed by atoms with Gasteiger partial charge in [0, 0.05) is 0 Å². The highest BCUT2D eigenvalue weighted by Gasteiger charge is 2.18. The summed E-state index contributed by atoms with van der Waals surface area (Å²) in [7, 11) is 0. The number of rotatable bonds is 6. The standard InChI is InChI=1S/C20H20N2O3S/c1-3-25-18(23)13-26-20-21-17-12-8-7-11-16(17)19(24)22(20)14(2)15-9-5-4-6-10-15/h4-12,14H,3,13H2,1-2H3/t14-/m0/s1. The first-order valence-electron chi connectivity index (χ1n) is 8.46. The molecule has 0 aliphatic heterocycles. The Morgan fingerprint density at radius 1 is 1.15 bits per heavy atom. The smallest absolute Gasteiger partial charge is 0.316 e. The average molecular weight is 368 g/mol. The van der Waals surface area contributed by atoms with Crippen LogP contribution < -0.4 is 5.56 Å². The molecule has 26 heavy (non-hydrogen) atoms. The van der Waals surface area contributed by atoms with Crippen LogP contribution in [0.3, 0.4) is 0 Å². The highest BCUT2D eigenvalue weighted by molar-refractivity contribution is 7.99. The third kappa shape index (κ3) is 3.80. The second-order valence-electron chi connectivity index (χ2n) is 5.77. The molecule has 5 nitrogen and oxygen atoms in total. The van der Waals surface area contributed by atoms with Crippen molar-refractivity contribution < 1.29 is 9.53 Å². The highest BCUT2D eigenvalue weighted by atomic mass is 32.2. The maximum absolute atomic E-state index is 13.1. The number of hydrogen-bond donors (Lipinski definition) is 0. The molecule has 0 fully saturated rings. The van der Waals surface area contributed by atoms with Crippen molar-refractivity contribution in [3.8, 4) is 0 Å². The number of thioether (sulfide) groups is 1. The Morgan fingerprint density at radius 3 is 2.58 bits per heavy atom. The van der Waals surface area contributed by atoms with Gasteiger partial charge in [-0.15, -0.1) is 0 Å². The largest absolute Gasteiger partial charge is 0.465 e. The number of carbonyl (C=O) groups excluding carboxylic acids is 1. The molecule has 6 heteroatoms. The maximum atomic E-state index is 13.1. The van der Waals surface area contributed by atoms with Crippen LogP contribution in [0.1, 0.15) is 25.5 Å². The monoisotopic (exact) mass is 368 g/mol. The first kappa shape index (κ1) is 18.2. The van der Waals surface area contributed by atoms with Crippen LogP contribution in [0.5, 0.6) is 0 Å². The van der Waals surface area contributed by atoms with Crippen LogP contribution in [0.25, 0.3) is 10.9 Å². The summed E-state index contributed by atoms with van der Waals surface area (Å²) in [5.41, 5.74) is 1.52. The van der Waals surface area contributed by atoms with E-state index >= 15 is 0 Å². The lowest BCUT2D eigenvalue weighted by Crippen LogP contribution is -2.27. The third-order valence-electron chi connectivity index (χ3n) is 4.07. The molecule has 1 heterocycles. The molecule has 2 aromatic carbocycles. The van der Waals surface area contributed by atoms with Crippen molar-refractivity contribution in [2.24, 2.45) is 0 Å². The summed E-state index contributed by atoms with van der Waals surface area (Å²) in [5, 5.41) is 1.08. The van der Waals surface area contributed by atoms with Crippen LogP contribution in [0, 0.1) is 0 Å². The first-order valence-corrected chi connectivity index (χ1v) is 9.45. The number of hydrogen-bond acceptors (Lipinski definition) is 5. The maximum Gasteiger partial charge on any atom is 0.316 e. The van der Waals surface area contributed by atoms with Crippen LogP contribution in [0.15, 0.2) is 64.5 Å². The van der Waals surface area contributed by atoms with Crippen molar-refractivity contribution >= 4 is 28.6 Å². The lowest BCUT2D eigenvalue weighted by atomic mass is 10.1. The Kier molecular flexibility index (Phi) is 5.73. The molecule has 0 saturated heterocycles. The molecule has 0 radical (unpaired) electrons. The molecular formula is C20H20N2O3S. The van der Waals surface area contributed by atoms with Gasteiger partial charge in [-0.25, -0.2) is 4.98 Å². The lowest BCUT2D eigenvalue weighted by molar-refractivity contribution is -0.139. The van der Waals surface area contributed by atoms with Crippen LogP contribution in [-0.4, -0.2) is 27.9 Å². The third-order valence-corrected chi connectivity index (χ3v) is 5.00. The van der Waals surface area contributed by atoms with Crippen molar-refractivity contribution in [3.63, 3.8) is 0 Å². The van der Waals surface area contributed by atoms with Crippen molar-refractivity contribution in [1.29, 1.82) is 0 Å². The number of benzene rings is 2. The summed E-state index contributed by atoms with van der Waals surface area (Å²) in [6.45, 7) is 4.06. The number of aromatic nitrogens is 2. The van der Waals surface area contributed by atoms with Crippen molar-refractivity contribution in [3.05, 3.63) is 70.5 Å². The van der Waals surface area contributed by atoms with Crippen molar-refractivity contribution in [2.45, 2.75) is 25.0 Å². The van der Waals surface area contributed by atoms with Gasteiger partial charge in [-0.1, -0.05) is 54.2 Å². The second kappa shape index (κ2) is 8.19. The van der Waals surface area contributed by atoms with Gasteiger partial charge in [0.15, 0.2) is 5.16 Å². The SMILES string of the molecule is CCOC(=O)CSc1nc2ccccc2c(=O)n1[C@@H](C)c1ccccc1. The lowest BCUT2D eigenvalue weighted by Gasteiger charge is -2.19. The normalized spacial score (nSPS) is 12.1. The molecule has 0 spiro atoms. The molecule has 1 atom stereocenters. The van der Waals surface area contributed by atoms with E-state index in [0.29, 0.717) is 22.7 Å². The molecule has 0 amide bonds. The first-order chi connectivity index (χ1) is 12.6. The quantitative estimate of drug-likeness (QED) is 0.377. The number of carbonyl (C=O) groups is 1. The summed E-state index contributed by atoms with van der Waals surface area (Å²) in [5.74, 6) is -0.209. The minimum absolute atomic E-state index is 0.111. The molecule has 0 bridgehead atoms. The van der Waals surface area contributed by atoms with Gasteiger partial charge in [0.2, 0.25) is 0 Å². The van der Waals surface area contributed by atoms with E-state index in [4.69, 9.17) is 4.74 Å². The second-order valence-corrected chi connectivity index (χ2v) is 6.71. The van der Waals surface area contributed by atoms with Crippen LogP contribution in [0.4, 0.5) is 0 Å². The van der Waals surface area contributed by atoms with E-state index in [9.17, 15) is 9.59 Å². The Balaban J connectivity index is 2.08. The molecule has 0 N–H and O–H groups in total. The summed E-state index contributed by atoms with van der Waals surface area (Å²) >= 11 is 1.22. The van der Waals surface area contributed by atoms with E-state index in [-0.39, 0.29) is 23.3 Å². The summed E-state index contributed by atoms with van der Waals surface area (Å²) < 4.78 is 6.65. The van der Waals surface area contributed by atoms with E-state index in [1.807, 2.05) is 55.5 Å². The van der Waals surface area contributed by atoms with Gasteiger partial charge in [-0.3, -0.25) is 14.2 Å². The molecular weight excluding hydrogens is 348 g/mol. The fraction of sp³-hybridized carbons (Fsp3) is 0.250. The topological polar surface area (TPSA) is 61.2 Å². The predicted octanol–water partition coefficient (Wildman–Crippen LogP) is 3.66. The Hall–Kier alpha value is -2.60. The van der Waals surface area contributed by atoms with Gasteiger partial charge in [0.25, 0.3) is 5.56 Å². The fourth-order valence-corrected chi connectivity index (χ4v) is 3.65. The van der Waals surface area contributed by atoms with Crippen LogP contribution >= 0.6 is 11.8 Å². The molecule has 0 unspecified atom stereocenters. The zero-order valence-corrected chi connectivity index (χ0v) is 15.5. The number of para-hydroxylation sites is 1.